The summed E-state index contributed by atoms with van der Waals surface area (Å²) in [7, 11) is 0. The van der Waals surface area contributed by atoms with Crippen molar-refractivity contribution in [1.29, 1.82) is 5.26 Å². The van der Waals surface area contributed by atoms with E-state index in [-0.39, 0.29) is 30.2 Å². The highest BCUT2D eigenvalue weighted by Gasteiger charge is 2.25. The third-order valence-electron chi connectivity index (χ3n) is 4.76. The summed E-state index contributed by atoms with van der Waals surface area (Å²) in [6.07, 6.45) is 1.46. The quantitative estimate of drug-likeness (QED) is 0.515. The van der Waals surface area contributed by atoms with Crippen LogP contribution in [0, 0.1) is 25.2 Å². The van der Waals surface area contributed by atoms with E-state index in [1.165, 1.54) is 22.2 Å². The van der Waals surface area contributed by atoms with E-state index >= 15 is 0 Å². The van der Waals surface area contributed by atoms with Crippen LogP contribution in [0.3, 0.4) is 0 Å². The van der Waals surface area contributed by atoms with E-state index < -0.39 is 5.92 Å². The summed E-state index contributed by atoms with van der Waals surface area (Å²) in [6, 6.07) is 9.06. The predicted octanol–water partition coefficient (Wildman–Crippen LogP) is 3.48. The van der Waals surface area contributed by atoms with Crippen LogP contribution in [0.1, 0.15) is 28.7 Å². The van der Waals surface area contributed by atoms with Crippen molar-refractivity contribution in [1.82, 2.24) is 14.5 Å². The number of nitriles is 1. The zero-order chi connectivity index (χ0) is 19.8. The largest absolute Gasteiger partial charge is 0.439 e. The van der Waals surface area contributed by atoms with Crippen LogP contribution in [0.2, 0.25) is 0 Å². The molecule has 7 nitrogen and oxygen atoms in total. The molecular weight excluding hydrogens is 376 g/mol. The molecule has 0 aliphatic rings. The van der Waals surface area contributed by atoms with E-state index in [9.17, 15) is 14.9 Å². The number of carbonyl (C=O) groups is 1. The second kappa shape index (κ2) is 7.02. The maximum atomic E-state index is 12.7. The second-order valence-corrected chi connectivity index (χ2v) is 7.71. The van der Waals surface area contributed by atoms with Gasteiger partial charge in [-0.1, -0.05) is 12.1 Å². The number of nitrogens with zero attached hydrogens (tertiary/aromatic N) is 4. The van der Waals surface area contributed by atoms with Crippen molar-refractivity contribution in [2.45, 2.75) is 32.7 Å². The van der Waals surface area contributed by atoms with Crippen LogP contribution in [0.5, 0.6) is 0 Å². The van der Waals surface area contributed by atoms with Crippen LogP contribution < -0.4 is 5.56 Å². The Hall–Kier alpha value is -3.31. The highest BCUT2D eigenvalue weighted by molar-refractivity contribution is 7.18. The smallest absolute Gasteiger partial charge is 0.262 e. The molecule has 0 saturated heterocycles. The fourth-order valence-electron chi connectivity index (χ4n) is 3.08. The molecule has 4 rings (SSSR count). The third-order valence-corrected chi connectivity index (χ3v) is 5.88. The lowest BCUT2D eigenvalue weighted by Gasteiger charge is -2.07. The summed E-state index contributed by atoms with van der Waals surface area (Å²) in [4.78, 5) is 35.7. The first-order chi connectivity index (χ1) is 13.5. The van der Waals surface area contributed by atoms with Gasteiger partial charge in [0, 0.05) is 17.8 Å². The summed E-state index contributed by atoms with van der Waals surface area (Å²) in [5.74, 6) is -1.37. The number of hydrogen-bond acceptors (Lipinski definition) is 7. The van der Waals surface area contributed by atoms with Crippen molar-refractivity contribution in [2.24, 2.45) is 0 Å². The summed E-state index contributed by atoms with van der Waals surface area (Å²) in [5.41, 5.74) is 1.87. The fraction of sp³-hybridized carbons (Fsp3) is 0.250. The predicted molar refractivity (Wildman–Crippen MR) is 105 cm³/mol. The van der Waals surface area contributed by atoms with Crippen LogP contribution >= 0.6 is 11.3 Å². The van der Waals surface area contributed by atoms with E-state index in [4.69, 9.17) is 4.42 Å². The number of oxazole rings is 1. The fourth-order valence-corrected chi connectivity index (χ4v) is 4.07. The zero-order valence-corrected chi connectivity index (χ0v) is 16.1. The van der Waals surface area contributed by atoms with E-state index in [0.29, 0.717) is 21.3 Å². The van der Waals surface area contributed by atoms with Crippen molar-refractivity contribution in [3.8, 4) is 6.07 Å². The van der Waals surface area contributed by atoms with Gasteiger partial charge in [-0.2, -0.15) is 5.26 Å². The van der Waals surface area contributed by atoms with E-state index in [2.05, 4.69) is 9.97 Å². The molecule has 28 heavy (non-hydrogen) atoms. The molecule has 4 aromatic rings. The van der Waals surface area contributed by atoms with Crippen LogP contribution in [0.25, 0.3) is 21.3 Å². The third kappa shape index (κ3) is 3.00. The van der Waals surface area contributed by atoms with Crippen LogP contribution in [0.15, 0.2) is 39.8 Å². The average Bonchev–Trinajstić information content (AvgIpc) is 3.23. The van der Waals surface area contributed by atoms with Gasteiger partial charge < -0.3 is 4.42 Å². The lowest BCUT2D eigenvalue weighted by atomic mass is 10.0. The van der Waals surface area contributed by atoms with Gasteiger partial charge in [0.1, 0.15) is 10.3 Å². The normalized spacial score (nSPS) is 12.3. The van der Waals surface area contributed by atoms with Crippen LogP contribution in [-0.4, -0.2) is 20.3 Å². The summed E-state index contributed by atoms with van der Waals surface area (Å²) in [6.45, 7) is 3.99. The number of aryl methyl sites for hydroxylation is 3. The van der Waals surface area contributed by atoms with Gasteiger partial charge in [-0.05, 0) is 31.5 Å². The molecule has 140 valence electrons. The number of ketones is 1. The number of benzene rings is 1. The number of aromatic nitrogens is 3. The number of fused-ring (bicyclic) bond motifs is 2. The van der Waals surface area contributed by atoms with Crippen LogP contribution in [-0.2, 0) is 11.3 Å². The van der Waals surface area contributed by atoms with E-state index in [1.807, 2.05) is 26.0 Å². The standard InChI is InChI=1S/C20H16N4O3S/c1-11-12(2)28-19-17(11)20(26)24(10-22-19)8-7-15(25)13(9-21)18-23-14-5-3-4-6-16(14)27-18/h3-6,10,13H,7-8H2,1-2H3. The molecular formula is C20H16N4O3S. The molecule has 0 bridgehead atoms. The number of rotatable bonds is 5. The first-order valence-corrected chi connectivity index (χ1v) is 9.54. The van der Waals surface area contributed by atoms with Crippen molar-refractivity contribution < 1.29 is 9.21 Å². The van der Waals surface area contributed by atoms with Crippen molar-refractivity contribution >= 4 is 38.4 Å². The first kappa shape index (κ1) is 18.1. The number of Topliss-reactive ketones (excluding diaryl/α,β-unsaturated/α-hetero) is 1. The average molecular weight is 392 g/mol. The molecule has 3 heterocycles. The molecule has 1 atom stereocenters. The second-order valence-electron chi connectivity index (χ2n) is 6.50. The number of para-hydroxylation sites is 2. The molecule has 1 aromatic carbocycles. The minimum Gasteiger partial charge on any atom is -0.439 e. The van der Waals surface area contributed by atoms with Gasteiger partial charge in [0.05, 0.1) is 17.8 Å². The minimum atomic E-state index is -1.11. The van der Waals surface area contributed by atoms with Crippen LogP contribution in [0.4, 0.5) is 0 Å². The topological polar surface area (TPSA) is 102 Å². The lowest BCUT2D eigenvalue weighted by Crippen LogP contribution is -2.23. The number of thiophene rings is 1. The Morgan fingerprint density at radius 2 is 2.14 bits per heavy atom. The molecule has 0 aliphatic heterocycles. The van der Waals surface area contributed by atoms with E-state index in [1.54, 1.807) is 18.2 Å². The molecule has 0 spiro atoms. The Labute approximate surface area is 163 Å². The molecule has 3 aromatic heterocycles. The molecule has 0 radical (unpaired) electrons. The van der Waals surface area contributed by atoms with Gasteiger partial charge in [-0.15, -0.1) is 11.3 Å². The Kier molecular flexibility index (Phi) is 4.53. The highest BCUT2D eigenvalue weighted by Crippen LogP contribution is 2.26. The maximum Gasteiger partial charge on any atom is 0.262 e. The van der Waals surface area contributed by atoms with Crippen molar-refractivity contribution in [3.05, 3.63) is 57.3 Å². The summed E-state index contributed by atoms with van der Waals surface area (Å²) in [5, 5.41) is 10.0. The van der Waals surface area contributed by atoms with Gasteiger partial charge in [0.15, 0.2) is 17.3 Å². The molecule has 0 saturated carbocycles. The Balaban J connectivity index is 1.57. The van der Waals surface area contributed by atoms with Gasteiger partial charge in [0.2, 0.25) is 5.89 Å². The number of hydrogen-bond donors (Lipinski definition) is 0. The van der Waals surface area contributed by atoms with Crippen molar-refractivity contribution in [2.75, 3.05) is 0 Å². The van der Waals surface area contributed by atoms with E-state index in [0.717, 1.165) is 10.4 Å². The minimum absolute atomic E-state index is 0.00616. The lowest BCUT2D eigenvalue weighted by molar-refractivity contribution is -0.119. The SMILES string of the molecule is Cc1sc2ncn(CCC(=O)C(C#N)c3nc4ccccc4o3)c(=O)c2c1C. The Bertz CT molecular complexity index is 1280. The summed E-state index contributed by atoms with van der Waals surface area (Å²) < 4.78 is 6.98. The van der Waals surface area contributed by atoms with Gasteiger partial charge in [0.25, 0.3) is 5.56 Å². The Morgan fingerprint density at radius 3 is 2.89 bits per heavy atom. The highest BCUT2D eigenvalue weighted by atomic mass is 32.1. The molecule has 1 unspecified atom stereocenters. The molecule has 0 fully saturated rings. The first-order valence-electron chi connectivity index (χ1n) is 8.72. The monoisotopic (exact) mass is 392 g/mol. The zero-order valence-electron chi connectivity index (χ0n) is 15.3. The van der Waals surface area contributed by atoms with Gasteiger partial charge in [-0.25, -0.2) is 9.97 Å². The molecule has 8 heteroatoms. The van der Waals surface area contributed by atoms with Gasteiger partial charge >= 0.3 is 0 Å². The Morgan fingerprint density at radius 1 is 1.36 bits per heavy atom. The number of carbonyl (C=O) groups excluding carboxylic acids is 1. The molecule has 0 N–H and O–H groups in total. The maximum absolute atomic E-state index is 12.7. The molecule has 0 aliphatic carbocycles. The van der Waals surface area contributed by atoms with Gasteiger partial charge in [-0.3, -0.25) is 14.2 Å². The summed E-state index contributed by atoms with van der Waals surface area (Å²) >= 11 is 1.48. The van der Waals surface area contributed by atoms with Crippen molar-refractivity contribution in [3.63, 3.8) is 0 Å². The molecule has 0 amide bonds.